The molecule has 5 rings (SSSR count). The highest BCUT2D eigenvalue weighted by molar-refractivity contribution is 6.12. The largest absolute Gasteiger partial charge is 0.339 e. The maximum atomic E-state index is 14.2. The predicted octanol–water partition coefficient (Wildman–Crippen LogP) is 3.00. The number of halogens is 1. The molecular weight excluding hydrogens is 331 g/mol. The van der Waals surface area contributed by atoms with Crippen molar-refractivity contribution in [1.82, 2.24) is 14.2 Å². The van der Waals surface area contributed by atoms with Gasteiger partial charge in [0.05, 0.1) is 17.8 Å². The van der Waals surface area contributed by atoms with Crippen LogP contribution in [0.15, 0.2) is 76.8 Å². The van der Waals surface area contributed by atoms with Crippen LogP contribution in [0.4, 0.5) is 4.39 Å². The Hall–Kier alpha value is -3.54. The first-order valence-electron chi connectivity index (χ1n) is 8.22. The molecule has 0 aliphatic carbocycles. The van der Waals surface area contributed by atoms with E-state index in [1.165, 1.54) is 10.7 Å². The summed E-state index contributed by atoms with van der Waals surface area (Å²) in [6, 6.07) is 18.0. The summed E-state index contributed by atoms with van der Waals surface area (Å²) in [7, 11) is 0. The van der Waals surface area contributed by atoms with Crippen LogP contribution in [0, 0.1) is 5.82 Å². The lowest BCUT2D eigenvalue weighted by Crippen LogP contribution is -2.23. The first-order valence-corrected chi connectivity index (χ1v) is 8.22. The normalized spacial score (nSPS) is 13.0. The Morgan fingerprint density at radius 1 is 0.962 bits per heavy atom. The lowest BCUT2D eigenvalue weighted by Gasteiger charge is -2.08. The minimum Gasteiger partial charge on any atom is -0.339 e. The van der Waals surface area contributed by atoms with Gasteiger partial charge in [-0.1, -0.05) is 36.4 Å². The minimum atomic E-state index is -0.587. The van der Waals surface area contributed by atoms with Crippen molar-refractivity contribution in [3.05, 3.63) is 100 Å². The highest BCUT2D eigenvalue weighted by Crippen LogP contribution is 2.19. The fourth-order valence-electron chi connectivity index (χ4n) is 3.30. The van der Waals surface area contributed by atoms with Crippen molar-refractivity contribution < 1.29 is 4.39 Å². The average molecular weight is 344 g/mol. The Labute approximate surface area is 147 Å². The monoisotopic (exact) mass is 344 g/mol. The fourth-order valence-corrected chi connectivity index (χ4v) is 3.30. The standard InChI is InChI=1S/C20H13FN4O/c21-14-8-4-9-15-18(14)20(26)25-17(22-15)12-24-11-5-10-16(24)19(23-25)13-6-2-1-3-7-13/h1-11H,12H2. The second-order valence-corrected chi connectivity index (χ2v) is 6.11. The lowest BCUT2D eigenvalue weighted by atomic mass is 10.1. The number of aromatic nitrogens is 3. The summed E-state index contributed by atoms with van der Waals surface area (Å²) in [5.41, 5.74) is 2.25. The zero-order valence-corrected chi connectivity index (χ0v) is 13.6. The summed E-state index contributed by atoms with van der Waals surface area (Å²) in [5.74, 6) is -0.118. The molecule has 2 aromatic carbocycles. The number of benzene rings is 2. The maximum absolute atomic E-state index is 14.2. The van der Waals surface area contributed by atoms with Crippen LogP contribution in [-0.4, -0.2) is 19.9 Å². The van der Waals surface area contributed by atoms with Crippen LogP contribution in [0.3, 0.4) is 0 Å². The summed E-state index contributed by atoms with van der Waals surface area (Å²) in [6.07, 6.45) is 1.92. The van der Waals surface area contributed by atoms with Crippen molar-refractivity contribution in [2.75, 3.05) is 0 Å². The second-order valence-electron chi connectivity index (χ2n) is 6.11. The van der Waals surface area contributed by atoms with E-state index < -0.39 is 11.4 Å². The summed E-state index contributed by atoms with van der Waals surface area (Å²) in [5, 5.41) is 4.54. The van der Waals surface area contributed by atoms with Crippen molar-refractivity contribution in [3.8, 4) is 0 Å². The Kier molecular flexibility index (Phi) is 3.12. The van der Waals surface area contributed by atoms with Crippen LogP contribution in [-0.2, 0) is 6.54 Å². The zero-order chi connectivity index (χ0) is 17.7. The van der Waals surface area contributed by atoms with E-state index in [9.17, 15) is 9.18 Å². The SMILES string of the molecule is O=c1c2c(F)cccc2nc2n1N=C(c1ccccc1)c1cccn1C2. The molecule has 0 spiro atoms. The molecule has 5 nitrogen and oxygen atoms in total. The van der Waals surface area contributed by atoms with E-state index in [-0.39, 0.29) is 5.39 Å². The van der Waals surface area contributed by atoms with Gasteiger partial charge in [-0.25, -0.2) is 9.37 Å². The van der Waals surface area contributed by atoms with Crippen molar-refractivity contribution >= 4 is 16.6 Å². The predicted molar refractivity (Wildman–Crippen MR) is 97.0 cm³/mol. The van der Waals surface area contributed by atoms with Gasteiger partial charge in [0, 0.05) is 11.8 Å². The van der Waals surface area contributed by atoms with Gasteiger partial charge >= 0.3 is 0 Å². The molecule has 0 radical (unpaired) electrons. The molecule has 0 saturated heterocycles. The van der Waals surface area contributed by atoms with E-state index in [0.29, 0.717) is 23.6 Å². The van der Waals surface area contributed by atoms with E-state index in [1.807, 2.05) is 53.2 Å². The quantitative estimate of drug-likeness (QED) is 0.469. The van der Waals surface area contributed by atoms with E-state index in [1.54, 1.807) is 12.1 Å². The smallest absolute Gasteiger partial charge is 0.285 e. The van der Waals surface area contributed by atoms with Gasteiger partial charge in [-0.3, -0.25) is 4.79 Å². The van der Waals surface area contributed by atoms with Gasteiger partial charge < -0.3 is 4.57 Å². The van der Waals surface area contributed by atoms with Crippen LogP contribution in [0.5, 0.6) is 0 Å². The third-order valence-electron chi connectivity index (χ3n) is 4.52. The van der Waals surface area contributed by atoms with Crippen molar-refractivity contribution in [3.63, 3.8) is 0 Å². The first-order chi connectivity index (χ1) is 12.7. The fraction of sp³-hybridized carbons (Fsp3) is 0.0500. The van der Waals surface area contributed by atoms with Crippen molar-refractivity contribution in [2.24, 2.45) is 5.10 Å². The Balaban J connectivity index is 1.88. The van der Waals surface area contributed by atoms with Gasteiger partial charge in [0.1, 0.15) is 16.9 Å². The van der Waals surface area contributed by atoms with E-state index in [4.69, 9.17) is 0 Å². The van der Waals surface area contributed by atoms with Gasteiger partial charge in [-0.2, -0.15) is 9.78 Å². The molecule has 126 valence electrons. The van der Waals surface area contributed by atoms with Crippen molar-refractivity contribution in [2.45, 2.75) is 6.54 Å². The molecule has 3 heterocycles. The van der Waals surface area contributed by atoms with Crippen LogP contribution in [0.25, 0.3) is 10.9 Å². The van der Waals surface area contributed by atoms with Gasteiger partial charge in [0.2, 0.25) is 0 Å². The number of nitrogens with zero attached hydrogens (tertiary/aromatic N) is 4. The lowest BCUT2D eigenvalue weighted by molar-refractivity contribution is 0.630. The maximum Gasteiger partial charge on any atom is 0.285 e. The van der Waals surface area contributed by atoms with Crippen LogP contribution in [0.1, 0.15) is 17.1 Å². The van der Waals surface area contributed by atoms with Gasteiger partial charge in [0.15, 0.2) is 5.82 Å². The molecule has 26 heavy (non-hydrogen) atoms. The summed E-state index contributed by atoms with van der Waals surface area (Å²) in [6.45, 7) is 0.379. The molecule has 6 heteroatoms. The molecule has 0 unspecified atom stereocenters. The number of hydrogen-bond donors (Lipinski definition) is 0. The third-order valence-corrected chi connectivity index (χ3v) is 4.52. The molecule has 0 N–H and O–H groups in total. The molecule has 1 aliphatic rings. The van der Waals surface area contributed by atoms with E-state index in [0.717, 1.165) is 11.3 Å². The van der Waals surface area contributed by atoms with Crippen molar-refractivity contribution in [1.29, 1.82) is 0 Å². The third kappa shape index (κ3) is 2.12. The topological polar surface area (TPSA) is 52.2 Å². The number of hydrogen-bond acceptors (Lipinski definition) is 3. The van der Waals surface area contributed by atoms with Crippen LogP contribution >= 0.6 is 0 Å². The average Bonchev–Trinajstić information content (AvgIpc) is 3.04. The van der Waals surface area contributed by atoms with Crippen LogP contribution < -0.4 is 5.56 Å². The molecule has 0 saturated carbocycles. The zero-order valence-electron chi connectivity index (χ0n) is 13.6. The molecule has 1 aliphatic heterocycles. The summed E-state index contributed by atoms with van der Waals surface area (Å²) in [4.78, 5) is 17.5. The first kappa shape index (κ1) is 14.8. The Morgan fingerprint density at radius 3 is 2.65 bits per heavy atom. The number of rotatable bonds is 1. The summed E-state index contributed by atoms with van der Waals surface area (Å²) >= 11 is 0. The van der Waals surface area contributed by atoms with Gasteiger partial charge in [-0.05, 0) is 24.3 Å². The van der Waals surface area contributed by atoms with Crippen LogP contribution in [0.2, 0.25) is 0 Å². The van der Waals surface area contributed by atoms with E-state index >= 15 is 0 Å². The Bertz CT molecular complexity index is 1240. The molecule has 0 atom stereocenters. The van der Waals surface area contributed by atoms with Gasteiger partial charge in [-0.15, -0.1) is 0 Å². The molecule has 0 amide bonds. The number of fused-ring (bicyclic) bond motifs is 3. The molecular formula is C20H13FN4O. The Morgan fingerprint density at radius 2 is 1.81 bits per heavy atom. The summed E-state index contributed by atoms with van der Waals surface area (Å²) < 4.78 is 17.4. The van der Waals surface area contributed by atoms with E-state index in [2.05, 4.69) is 10.1 Å². The highest BCUT2D eigenvalue weighted by atomic mass is 19.1. The second kappa shape index (κ2) is 5.49. The molecule has 4 aromatic rings. The molecule has 0 fully saturated rings. The minimum absolute atomic E-state index is 0.0426. The highest BCUT2D eigenvalue weighted by Gasteiger charge is 2.21. The molecule has 2 aromatic heterocycles. The molecule has 0 bridgehead atoms. The van der Waals surface area contributed by atoms with Gasteiger partial charge in [0.25, 0.3) is 5.56 Å².